The van der Waals surface area contributed by atoms with E-state index in [1.807, 2.05) is 0 Å². The molecule has 0 spiro atoms. The Morgan fingerprint density at radius 2 is 1.62 bits per heavy atom. The van der Waals surface area contributed by atoms with Crippen molar-refractivity contribution in [3.8, 4) is 0 Å². The summed E-state index contributed by atoms with van der Waals surface area (Å²) < 4.78 is 1.53. The number of rotatable bonds is 4. The maximum Gasteiger partial charge on any atom is 0.281 e. The maximum atomic E-state index is 12.4. The van der Waals surface area contributed by atoms with Gasteiger partial charge in [-0.2, -0.15) is 5.10 Å². The van der Waals surface area contributed by atoms with E-state index in [9.17, 15) is 25.0 Å². The van der Waals surface area contributed by atoms with Crippen LogP contribution in [-0.2, 0) is 7.05 Å². The number of nitro groups is 2. The molecule has 2 aromatic rings. The smallest absolute Gasteiger partial charge is 0.281 e. The summed E-state index contributed by atoms with van der Waals surface area (Å²) in [6.45, 7) is 4.65. The van der Waals surface area contributed by atoms with Crippen LogP contribution < -0.4 is 5.32 Å². The highest BCUT2D eigenvalue weighted by atomic mass is 16.6. The van der Waals surface area contributed by atoms with Gasteiger partial charge in [0.1, 0.15) is 5.56 Å². The predicted molar refractivity (Wildman–Crippen MR) is 85.1 cm³/mol. The number of benzene rings is 1. The summed E-state index contributed by atoms with van der Waals surface area (Å²) in [7, 11) is 1.68. The summed E-state index contributed by atoms with van der Waals surface area (Å²) >= 11 is 0. The molecular weight excluding hydrogens is 318 g/mol. The fourth-order valence-electron chi connectivity index (χ4n) is 2.43. The van der Waals surface area contributed by atoms with E-state index in [1.54, 1.807) is 20.9 Å². The Bertz CT molecular complexity index is 836. The average Bonchev–Trinajstić information content (AvgIpc) is 2.73. The fraction of sp³-hybridized carbons (Fsp3) is 0.286. The molecule has 1 aromatic carbocycles. The Hall–Kier alpha value is -3.30. The third-order valence-corrected chi connectivity index (χ3v) is 3.74. The van der Waals surface area contributed by atoms with Gasteiger partial charge < -0.3 is 5.32 Å². The number of hydrogen-bond donors (Lipinski definition) is 1. The van der Waals surface area contributed by atoms with Gasteiger partial charge in [-0.1, -0.05) is 0 Å². The van der Waals surface area contributed by atoms with Crippen LogP contribution >= 0.6 is 0 Å². The van der Waals surface area contributed by atoms with E-state index >= 15 is 0 Å². The molecule has 0 saturated heterocycles. The molecule has 1 amide bonds. The molecule has 0 aliphatic rings. The molecule has 0 unspecified atom stereocenters. The number of anilines is 1. The Morgan fingerprint density at radius 1 is 1.12 bits per heavy atom. The number of carbonyl (C=O) groups excluding carboxylic acids is 1. The Labute approximate surface area is 136 Å². The first kappa shape index (κ1) is 17.1. The zero-order valence-electron chi connectivity index (χ0n) is 13.5. The Balaban J connectivity index is 2.48. The summed E-state index contributed by atoms with van der Waals surface area (Å²) in [6.07, 6.45) is 0. The van der Waals surface area contributed by atoms with Crippen molar-refractivity contribution in [2.24, 2.45) is 7.05 Å². The summed E-state index contributed by atoms with van der Waals surface area (Å²) in [4.78, 5) is 33.1. The van der Waals surface area contributed by atoms with Crippen LogP contribution in [0.2, 0.25) is 0 Å². The second kappa shape index (κ2) is 6.07. The summed E-state index contributed by atoms with van der Waals surface area (Å²) in [5, 5.41) is 28.7. The highest BCUT2D eigenvalue weighted by Gasteiger charge is 2.25. The van der Waals surface area contributed by atoms with Gasteiger partial charge in [-0.25, -0.2) is 0 Å². The lowest BCUT2D eigenvalue weighted by atomic mass is 10.1. The Kier molecular flexibility index (Phi) is 4.31. The van der Waals surface area contributed by atoms with E-state index in [-0.39, 0.29) is 11.3 Å². The van der Waals surface area contributed by atoms with Gasteiger partial charge in [0.15, 0.2) is 0 Å². The van der Waals surface area contributed by atoms with Gasteiger partial charge in [-0.05, 0) is 20.8 Å². The SMILES string of the molecule is Cc1nn(C)c(C)c1C(=O)Nc1cc([N+](=O)[O-])c(C)c([N+](=O)[O-])c1. The van der Waals surface area contributed by atoms with Crippen LogP contribution in [0.1, 0.15) is 27.3 Å². The van der Waals surface area contributed by atoms with Crippen LogP contribution in [-0.4, -0.2) is 25.5 Å². The molecular formula is C14H15N5O5. The number of nitrogens with one attached hydrogen (secondary N) is 1. The van der Waals surface area contributed by atoms with E-state index in [4.69, 9.17) is 0 Å². The minimum absolute atomic E-state index is 0.0216. The normalized spacial score (nSPS) is 10.5. The van der Waals surface area contributed by atoms with Crippen molar-refractivity contribution < 1.29 is 14.6 Å². The van der Waals surface area contributed by atoms with E-state index in [1.165, 1.54) is 11.6 Å². The van der Waals surface area contributed by atoms with E-state index in [2.05, 4.69) is 10.4 Å². The molecule has 126 valence electrons. The van der Waals surface area contributed by atoms with Gasteiger partial charge >= 0.3 is 0 Å². The molecule has 0 radical (unpaired) electrons. The lowest BCUT2D eigenvalue weighted by molar-refractivity contribution is -0.395. The first-order valence-corrected chi connectivity index (χ1v) is 6.88. The fourth-order valence-corrected chi connectivity index (χ4v) is 2.43. The van der Waals surface area contributed by atoms with Gasteiger partial charge in [-0.3, -0.25) is 29.7 Å². The molecule has 10 heteroatoms. The van der Waals surface area contributed by atoms with Gasteiger partial charge in [0.05, 0.1) is 26.8 Å². The molecule has 0 atom stereocenters. The molecule has 0 saturated carbocycles. The van der Waals surface area contributed by atoms with Crippen molar-refractivity contribution in [3.05, 3.63) is 54.9 Å². The van der Waals surface area contributed by atoms with E-state index < -0.39 is 27.1 Å². The van der Waals surface area contributed by atoms with Crippen molar-refractivity contribution in [1.82, 2.24) is 9.78 Å². The van der Waals surface area contributed by atoms with Crippen molar-refractivity contribution in [1.29, 1.82) is 0 Å². The maximum absolute atomic E-state index is 12.4. The topological polar surface area (TPSA) is 133 Å². The molecule has 0 fully saturated rings. The van der Waals surface area contributed by atoms with Gasteiger partial charge in [0.25, 0.3) is 17.3 Å². The van der Waals surface area contributed by atoms with Crippen molar-refractivity contribution >= 4 is 23.0 Å². The van der Waals surface area contributed by atoms with Crippen LogP contribution in [0.15, 0.2) is 12.1 Å². The van der Waals surface area contributed by atoms with Gasteiger partial charge in [0.2, 0.25) is 0 Å². The lowest BCUT2D eigenvalue weighted by Crippen LogP contribution is -2.14. The number of aromatic nitrogens is 2. The first-order chi connectivity index (χ1) is 11.1. The van der Waals surface area contributed by atoms with Crippen molar-refractivity contribution in [2.45, 2.75) is 20.8 Å². The zero-order chi connectivity index (χ0) is 18.2. The van der Waals surface area contributed by atoms with Crippen LogP contribution in [0.25, 0.3) is 0 Å². The molecule has 1 heterocycles. The molecule has 1 aromatic heterocycles. The summed E-state index contributed by atoms with van der Waals surface area (Å²) in [6, 6.07) is 2.20. The number of hydrogen-bond acceptors (Lipinski definition) is 6. The molecule has 1 N–H and O–H groups in total. The van der Waals surface area contributed by atoms with Gasteiger partial charge in [-0.15, -0.1) is 0 Å². The third kappa shape index (κ3) is 2.93. The molecule has 10 nitrogen and oxygen atoms in total. The van der Waals surface area contributed by atoms with Gasteiger partial charge in [0, 0.05) is 24.9 Å². The van der Waals surface area contributed by atoms with Crippen LogP contribution in [0, 0.1) is 41.0 Å². The molecule has 0 bridgehead atoms. The monoisotopic (exact) mass is 333 g/mol. The number of nitrogens with zero attached hydrogens (tertiary/aromatic N) is 4. The number of carbonyl (C=O) groups is 1. The first-order valence-electron chi connectivity index (χ1n) is 6.88. The van der Waals surface area contributed by atoms with Crippen molar-refractivity contribution in [2.75, 3.05) is 5.32 Å². The second-order valence-electron chi connectivity index (χ2n) is 5.28. The van der Waals surface area contributed by atoms with E-state index in [0.717, 1.165) is 12.1 Å². The lowest BCUT2D eigenvalue weighted by Gasteiger charge is -2.07. The summed E-state index contributed by atoms with van der Waals surface area (Å²) in [5.41, 5.74) is 0.467. The number of nitro benzene ring substituents is 2. The predicted octanol–water partition coefficient (Wildman–Crippen LogP) is 2.41. The number of aryl methyl sites for hydroxylation is 2. The quantitative estimate of drug-likeness (QED) is 0.674. The average molecular weight is 333 g/mol. The molecule has 0 aliphatic heterocycles. The molecule has 2 rings (SSSR count). The van der Waals surface area contributed by atoms with Crippen LogP contribution in [0.4, 0.5) is 17.1 Å². The highest BCUT2D eigenvalue weighted by Crippen LogP contribution is 2.32. The summed E-state index contributed by atoms with van der Waals surface area (Å²) in [5.74, 6) is -0.537. The van der Waals surface area contributed by atoms with Crippen LogP contribution in [0.5, 0.6) is 0 Å². The third-order valence-electron chi connectivity index (χ3n) is 3.74. The van der Waals surface area contributed by atoms with Crippen LogP contribution in [0.3, 0.4) is 0 Å². The minimum atomic E-state index is -0.724. The second-order valence-corrected chi connectivity index (χ2v) is 5.28. The van der Waals surface area contributed by atoms with Crippen molar-refractivity contribution in [3.63, 3.8) is 0 Å². The highest BCUT2D eigenvalue weighted by molar-refractivity contribution is 6.06. The standard InChI is InChI=1S/C14H15N5O5/c1-7-11(18(21)22)5-10(6-12(7)19(23)24)15-14(20)13-8(2)16-17(4)9(13)3/h5-6H,1-4H3,(H,15,20). The molecule has 0 aliphatic carbocycles. The zero-order valence-corrected chi connectivity index (χ0v) is 13.5. The number of amides is 1. The molecule has 24 heavy (non-hydrogen) atoms. The Morgan fingerprint density at radius 3 is 2.00 bits per heavy atom. The minimum Gasteiger partial charge on any atom is -0.321 e. The van der Waals surface area contributed by atoms with E-state index in [0.29, 0.717) is 17.0 Å². The largest absolute Gasteiger partial charge is 0.321 e.